The lowest BCUT2D eigenvalue weighted by molar-refractivity contribution is 0.340. The van der Waals surface area contributed by atoms with Gasteiger partial charge in [-0.25, -0.2) is 4.39 Å². The first kappa shape index (κ1) is 13.3. The Bertz CT molecular complexity index is 397. The van der Waals surface area contributed by atoms with E-state index in [1.54, 1.807) is 6.07 Å². The molecule has 0 amide bonds. The Morgan fingerprint density at radius 3 is 2.56 bits per heavy atom. The minimum atomic E-state index is -0.189. The van der Waals surface area contributed by atoms with Crippen molar-refractivity contribution in [3.05, 3.63) is 29.6 Å². The van der Waals surface area contributed by atoms with Gasteiger partial charge in [0, 0.05) is 30.9 Å². The molecule has 18 heavy (non-hydrogen) atoms. The number of halogens is 1. The second-order valence-electron chi connectivity index (χ2n) is 5.47. The third-order valence-corrected chi connectivity index (χ3v) is 4.21. The van der Waals surface area contributed by atoms with E-state index in [1.807, 2.05) is 6.07 Å². The monoisotopic (exact) mass is 250 g/mol. The molecule has 2 rings (SSSR count). The van der Waals surface area contributed by atoms with E-state index in [0.717, 1.165) is 11.6 Å². The normalized spacial score (nSPS) is 24.0. The van der Waals surface area contributed by atoms with Gasteiger partial charge in [-0.15, -0.1) is 0 Å². The highest BCUT2D eigenvalue weighted by Crippen LogP contribution is 2.31. The van der Waals surface area contributed by atoms with E-state index in [2.05, 4.69) is 18.9 Å². The fourth-order valence-corrected chi connectivity index (χ4v) is 2.91. The zero-order valence-electron chi connectivity index (χ0n) is 11.3. The van der Waals surface area contributed by atoms with Crippen molar-refractivity contribution < 1.29 is 4.39 Å². The lowest BCUT2D eigenvalue weighted by atomic mass is 9.86. The minimum Gasteiger partial charge on any atom is -0.371 e. The Kier molecular flexibility index (Phi) is 4.23. The molecular weight excluding hydrogens is 227 g/mol. The van der Waals surface area contributed by atoms with E-state index in [0.29, 0.717) is 11.6 Å². The number of nitrogens with zero attached hydrogens (tertiary/aromatic N) is 1. The number of rotatable bonds is 3. The van der Waals surface area contributed by atoms with Gasteiger partial charge in [-0.3, -0.25) is 0 Å². The van der Waals surface area contributed by atoms with Crippen LogP contribution in [0.5, 0.6) is 0 Å². The lowest BCUT2D eigenvalue weighted by Gasteiger charge is -2.36. The van der Waals surface area contributed by atoms with Crippen LogP contribution in [-0.4, -0.2) is 13.1 Å². The largest absolute Gasteiger partial charge is 0.371 e. The standard InChI is InChI=1S/C15H23FN2/c1-11-6-8-12(9-7-11)18(2)15-5-3-4-14(16)13(15)10-17/h3-5,11-12H,6-10,17H2,1-2H3. The van der Waals surface area contributed by atoms with Crippen LogP contribution in [0.3, 0.4) is 0 Å². The SMILES string of the molecule is CC1CCC(N(C)c2cccc(F)c2CN)CC1. The Balaban J connectivity index is 2.18. The molecule has 1 fully saturated rings. The number of anilines is 1. The molecule has 0 spiro atoms. The highest BCUT2D eigenvalue weighted by Gasteiger charge is 2.23. The summed E-state index contributed by atoms with van der Waals surface area (Å²) < 4.78 is 13.7. The summed E-state index contributed by atoms with van der Waals surface area (Å²) >= 11 is 0. The first-order valence-electron chi connectivity index (χ1n) is 6.83. The second kappa shape index (κ2) is 5.70. The Hall–Kier alpha value is -1.09. The first-order valence-corrected chi connectivity index (χ1v) is 6.83. The molecule has 0 bridgehead atoms. The molecule has 1 aromatic carbocycles. The second-order valence-corrected chi connectivity index (χ2v) is 5.47. The maximum atomic E-state index is 13.7. The molecule has 0 atom stereocenters. The van der Waals surface area contributed by atoms with Gasteiger partial charge in [0.05, 0.1) is 0 Å². The van der Waals surface area contributed by atoms with Gasteiger partial charge >= 0.3 is 0 Å². The summed E-state index contributed by atoms with van der Waals surface area (Å²) in [6.07, 6.45) is 4.92. The van der Waals surface area contributed by atoms with Gasteiger partial charge in [-0.05, 0) is 43.7 Å². The highest BCUT2D eigenvalue weighted by atomic mass is 19.1. The molecule has 2 N–H and O–H groups in total. The summed E-state index contributed by atoms with van der Waals surface area (Å²) in [5.74, 6) is 0.641. The Labute approximate surface area is 109 Å². The van der Waals surface area contributed by atoms with E-state index >= 15 is 0 Å². The van der Waals surface area contributed by atoms with Crippen LogP contribution in [0.25, 0.3) is 0 Å². The maximum Gasteiger partial charge on any atom is 0.129 e. The average Bonchev–Trinajstić information content (AvgIpc) is 2.38. The van der Waals surface area contributed by atoms with Gasteiger partial charge in [0.25, 0.3) is 0 Å². The molecule has 0 unspecified atom stereocenters. The van der Waals surface area contributed by atoms with E-state index in [-0.39, 0.29) is 12.4 Å². The number of benzene rings is 1. The molecule has 3 heteroatoms. The Morgan fingerprint density at radius 1 is 1.28 bits per heavy atom. The van der Waals surface area contributed by atoms with Crippen molar-refractivity contribution >= 4 is 5.69 Å². The van der Waals surface area contributed by atoms with Crippen molar-refractivity contribution in [2.45, 2.75) is 45.2 Å². The molecule has 1 aliphatic rings. The van der Waals surface area contributed by atoms with Crippen LogP contribution in [0, 0.1) is 11.7 Å². The van der Waals surface area contributed by atoms with Crippen LogP contribution < -0.4 is 10.6 Å². The molecule has 1 saturated carbocycles. The van der Waals surface area contributed by atoms with Crippen LogP contribution in [-0.2, 0) is 6.54 Å². The van der Waals surface area contributed by atoms with Crippen molar-refractivity contribution in [3.63, 3.8) is 0 Å². The summed E-state index contributed by atoms with van der Waals surface area (Å²) in [5.41, 5.74) is 7.27. The number of hydrogen-bond donors (Lipinski definition) is 1. The van der Waals surface area contributed by atoms with Crippen molar-refractivity contribution in [3.8, 4) is 0 Å². The predicted molar refractivity (Wildman–Crippen MR) is 74.1 cm³/mol. The van der Waals surface area contributed by atoms with Crippen LogP contribution in [0.2, 0.25) is 0 Å². The fourth-order valence-electron chi connectivity index (χ4n) is 2.91. The van der Waals surface area contributed by atoms with Crippen molar-refractivity contribution in [1.29, 1.82) is 0 Å². The lowest BCUT2D eigenvalue weighted by Crippen LogP contribution is -2.35. The molecule has 0 heterocycles. The minimum absolute atomic E-state index is 0.189. The zero-order valence-corrected chi connectivity index (χ0v) is 11.3. The van der Waals surface area contributed by atoms with Crippen LogP contribution in [0.1, 0.15) is 38.2 Å². The molecule has 0 aromatic heterocycles. The van der Waals surface area contributed by atoms with E-state index < -0.39 is 0 Å². The van der Waals surface area contributed by atoms with Gasteiger partial charge in [0.2, 0.25) is 0 Å². The van der Waals surface area contributed by atoms with Crippen molar-refractivity contribution in [2.75, 3.05) is 11.9 Å². The summed E-state index contributed by atoms with van der Waals surface area (Å²) in [5, 5.41) is 0. The molecule has 1 aromatic rings. The number of hydrogen-bond acceptors (Lipinski definition) is 2. The molecule has 0 saturated heterocycles. The van der Waals surface area contributed by atoms with Gasteiger partial charge < -0.3 is 10.6 Å². The molecule has 2 nitrogen and oxygen atoms in total. The van der Waals surface area contributed by atoms with Crippen LogP contribution >= 0.6 is 0 Å². The molecule has 1 aliphatic carbocycles. The molecule has 0 radical (unpaired) electrons. The van der Waals surface area contributed by atoms with Gasteiger partial charge in [0.15, 0.2) is 0 Å². The fraction of sp³-hybridized carbons (Fsp3) is 0.600. The topological polar surface area (TPSA) is 29.3 Å². The zero-order chi connectivity index (χ0) is 13.1. The quantitative estimate of drug-likeness (QED) is 0.892. The summed E-state index contributed by atoms with van der Waals surface area (Å²) in [6, 6.07) is 5.76. The highest BCUT2D eigenvalue weighted by molar-refractivity contribution is 5.54. The number of nitrogens with two attached hydrogens (primary N) is 1. The predicted octanol–water partition coefficient (Wildman–Crippen LogP) is 3.30. The van der Waals surface area contributed by atoms with E-state index in [4.69, 9.17) is 5.73 Å². The van der Waals surface area contributed by atoms with E-state index in [1.165, 1.54) is 31.7 Å². The third kappa shape index (κ3) is 2.66. The molecule has 100 valence electrons. The van der Waals surface area contributed by atoms with Crippen LogP contribution in [0.4, 0.5) is 10.1 Å². The third-order valence-electron chi connectivity index (χ3n) is 4.21. The summed E-state index contributed by atoms with van der Waals surface area (Å²) in [6.45, 7) is 2.57. The van der Waals surface area contributed by atoms with Crippen molar-refractivity contribution in [2.24, 2.45) is 11.7 Å². The van der Waals surface area contributed by atoms with Gasteiger partial charge in [-0.2, -0.15) is 0 Å². The Morgan fingerprint density at radius 2 is 1.94 bits per heavy atom. The maximum absolute atomic E-state index is 13.7. The van der Waals surface area contributed by atoms with Gasteiger partial charge in [-0.1, -0.05) is 13.0 Å². The van der Waals surface area contributed by atoms with Crippen LogP contribution in [0.15, 0.2) is 18.2 Å². The average molecular weight is 250 g/mol. The van der Waals surface area contributed by atoms with Gasteiger partial charge in [0.1, 0.15) is 5.82 Å². The molecular formula is C15H23FN2. The summed E-state index contributed by atoms with van der Waals surface area (Å²) in [7, 11) is 2.06. The molecule has 0 aliphatic heterocycles. The van der Waals surface area contributed by atoms with E-state index in [9.17, 15) is 4.39 Å². The summed E-state index contributed by atoms with van der Waals surface area (Å²) in [4.78, 5) is 2.22. The first-order chi connectivity index (χ1) is 8.63. The van der Waals surface area contributed by atoms with Crippen molar-refractivity contribution in [1.82, 2.24) is 0 Å². The smallest absolute Gasteiger partial charge is 0.129 e.